The number of nitrogens with one attached hydrogen (secondary N) is 1. The van der Waals surface area contributed by atoms with Gasteiger partial charge in [-0.15, -0.1) is 0 Å². The Balaban J connectivity index is 1.32. The molecule has 1 aliphatic heterocycles. The Labute approximate surface area is 144 Å². The number of anilines is 1. The summed E-state index contributed by atoms with van der Waals surface area (Å²) in [4.78, 5) is 8.93. The molecule has 2 aliphatic rings. The summed E-state index contributed by atoms with van der Waals surface area (Å²) in [5.74, 6) is 2.24. The van der Waals surface area contributed by atoms with E-state index in [0.717, 1.165) is 42.1 Å². The molecular formula is C17H20N6O2. The van der Waals surface area contributed by atoms with E-state index in [9.17, 15) is 0 Å². The van der Waals surface area contributed by atoms with Crippen molar-refractivity contribution in [1.82, 2.24) is 24.9 Å². The molecule has 5 rings (SSSR count). The molecule has 0 radical (unpaired) electrons. The van der Waals surface area contributed by atoms with Crippen LogP contribution in [0.3, 0.4) is 0 Å². The molecule has 3 aromatic heterocycles. The summed E-state index contributed by atoms with van der Waals surface area (Å²) in [5, 5.41) is 12.9. The van der Waals surface area contributed by atoms with Gasteiger partial charge < -0.3 is 14.6 Å². The number of pyridine rings is 1. The molecule has 2 atom stereocenters. The molecule has 0 unspecified atom stereocenters. The number of rotatable bonds is 5. The van der Waals surface area contributed by atoms with E-state index in [1.54, 1.807) is 10.9 Å². The Morgan fingerprint density at radius 3 is 3.12 bits per heavy atom. The number of fused-ring (bicyclic) bond motifs is 1. The first-order valence-corrected chi connectivity index (χ1v) is 8.75. The molecule has 1 aliphatic carbocycles. The second kappa shape index (κ2) is 5.80. The highest BCUT2D eigenvalue weighted by Gasteiger charge is 2.36. The standard InChI is InChI=1S/C17H20N6O2/c1-23-16-12(9-20-23)13(4-6-18-16)19-8-11-5-7-24-14(11)17-21-15(22-25-17)10-2-3-10/h4,6,9-11,14H,2-3,5,7-8H2,1H3,(H,18,19)/t11-,14-/m0/s1. The van der Waals surface area contributed by atoms with Crippen molar-refractivity contribution in [1.29, 1.82) is 0 Å². The largest absolute Gasteiger partial charge is 0.384 e. The summed E-state index contributed by atoms with van der Waals surface area (Å²) >= 11 is 0. The van der Waals surface area contributed by atoms with Crippen molar-refractivity contribution in [3.05, 3.63) is 30.2 Å². The third-order valence-electron chi connectivity index (χ3n) is 5.05. The Bertz CT molecular complexity index is 900. The second-order valence-corrected chi connectivity index (χ2v) is 6.85. The van der Waals surface area contributed by atoms with Gasteiger partial charge >= 0.3 is 0 Å². The summed E-state index contributed by atoms with van der Waals surface area (Å²) in [5.41, 5.74) is 1.91. The van der Waals surface area contributed by atoms with Crippen LogP contribution in [0.5, 0.6) is 0 Å². The van der Waals surface area contributed by atoms with Gasteiger partial charge in [-0.1, -0.05) is 5.16 Å². The van der Waals surface area contributed by atoms with Crippen molar-refractivity contribution < 1.29 is 9.26 Å². The summed E-state index contributed by atoms with van der Waals surface area (Å²) in [6.07, 6.45) is 6.82. The molecule has 0 bridgehead atoms. The molecular weight excluding hydrogens is 320 g/mol. The van der Waals surface area contributed by atoms with Gasteiger partial charge in [-0.3, -0.25) is 4.68 Å². The van der Waals surface area contributed by atoms with Gasteiger partial charge in [0.05, 0.1) is 11.6 Å². The lowest BCUT2D eigenvalue weighted by Crippen LogP contribution is -2.18. The number of nitrogens with zero attached hydrogens (tertiary/aromatic N) is 5. The highest BCUT2D eigenvalue weighted by atomic mass is 16.5. The fourth-order valence-corrected chi connectivity index (χ4v) is 3.43. The molecule has 8 heteroatoms. The average molecular weight is 340 g/mol. The maximum absolute atomic E-state index is 5.88. The molecule has 8 nitrogen and oxygen atoms in total. The topological polar surface area (TPSA) is 90.9 Å². The smallest absolute Gasteiger partial charge is 0.256 e. The van der Waals surface area contributed by atoms with E-state index in [1.807, 2.05) is 19.3 Å². The predicted molar refractivity (Wildman–Crippen MR) is 90.1 cm³/mol. The predicted octanol–water partition coefficient (Wildman–Crippen LogP) is 2.42. The SMILES string of the molecule is Cn1ncc2c(NC[C@@H]3CCO[C@@H]3c3nc(C4CC4)no3)ccnc21. The summed E-state index contributed by atoms with van der Waals surface area (Å²) in [6, 6.07) is 1.98. The van der Waals surface area contributed by atoms with Crippen LogP contribution in [0.1, 0.15) is 43.0 Å². The van der Waals surface area contributed by atoms with Crippen LogP contribution in [0.2, 0.25) is 0 Å². The van der Waals surface area contributed by atoms with Crippen LogP contribution in [0.15, 0.2) is 23.0 Å². The third-order valence-corrected chi connectivity index (χ3v) is 5.05. The third kappa shape index (κ3) is 2.66. The zero-order chi connectivity index (χ0) is 16.8. The molecule has 4 heterocycles. The highest BCUT2D eigenvalue weighted by molar-refractivity contribution is 5.88. The van der Waals surface area contributed by atoms with E-state index in [1.165, 1.54) is 12.8 Å². The van der Waals surface area contributed by atoms with Gasteiger partial charge in [-0.05, 0) is 25.3 Å². The van der Waals surface area contributed by atoms with Gasteiger partial charge in [-0.25, -0.2) is 4.98 Å². The lowest BCUT2D eigenvalue weighted by molar-refractivity contribution is 0.0650. The molecule has 130 valence electrons. The van der Waals surface area contributed by atoms with Gasteiger partial charge in [0, 0.05) is 43.9 Å². The zero-order valence-electron chi connectivity index (χ0n) is 14.1. The summed E-state index contributed by atoms with van der Waals surface area (Å²) in [6.45, 7) is 1.50. The van der Waals surface area contributed by atoms with Gasteiger partial charge in [0.25, 0.3) is 5.89 Å². The Morgan fingerprint density at radius 1 is 1.32 bits per heavy atom. The van der Waals surface area contributed by atoms with E-state index in [2.05, 4.69) is 25.5 Å². The van der Waals surface area contributed by atoms with Crippen LogP contribution in [-0.4, -0.2) is 38.1 Å². The molecule has 25 heavy (non-hydrogen) atoms. The molecule has 0 spiro atoms. The number of hydrogen-bond donors (Lipinski definition) is 1. The number of aromatic nitrogens is 5. The summed E-state index contributed by atoms with van der Waals surface area (Å²) < 4.78 is 13.1. The van der Waals surface area contributed by atoms with Crippen LogP contribution in [0.25, 0.3) is 11.0 Å². The normalized spacial score (nSPS) is 23.4. The van der Waals surface area contributed by atoms with Crippen molar-refractivity contribution in [3.8, 4) is 0 Å². The highest BCUT2D eigenvalue weighted by Crippen LogP contribution is 2.40. The number of aryl methyl sites for hydroxylation is 1. The number of ether oxygens (including phenoxy) is 1. The minimum Gasteiger partial charge on any atom is -0.384 e. The maximum Gasteiger partial charge on any atom is 0.256 e. The molecule has 3 aromatic rings. The van der Waals surface area contributed by atoms with Crippen molar-refractivity contribution >= 4 is 16.7 Å². The first kappa shape index (κ1) is 14.8. The van der Waals surface area contributed by atoms with Gasteiger partial charge in [0.15, 0.2) is 11.5 Å². The van der Waals surface area contributed by atoms with E-state index in [0.29, 0.717) is 17.7 Å². The number of hydrogen-bond acceptors (Lipinski definition) is 7. The van der Waals surface area contributed by atoms with Gasteiger partial charge in [0.2, 0.25) is 0 Å². The maximum atomic E-state index is 5.88. The van der Waals surface area contributed by atoms with Gasteiger partial charge in [0.1, 0.15) is 6.10 Å². The molecule has 0 aromatic carbocycles. The van der Waals surface area contributed by atoms with E-state index in [4.69, 9.17) is 9.26 Å². The van der Waals surface area contributed by atoms with E-state index < -0.39 is 0 Å². The molecule has 1 saturated heterocycles. The average Bonchev–Trinajstić information content (AvgIpc) is 3.04. The lowest BCUT2D eigenvalue weighted by Gasteiger charge is -2.16. The first-order valence-electron chi connectivity index (χ1n) is 8.75. The van der Waals surface area contributed by atoms with Crippen LogP contribution >= 0.6 is 0 Å². The van der Waals surface area contributed by atoms with Crippen LogP contribution in [0, 0.1) is 5.92 Å². The van der Waals surface area contributed by atoms with Crippen LogP contribution < -0.4 is 5.32 Å². The quantitative estimate of drug-likeness (QED) is 0.762. The van der Waals surface area contributed by atoms with Crippen molar-refractivity contribution in [2.45, 2.75) is 31.3 Å². The second-order valence-electron chi connectivity index (χ2n) is 6.85. The van der Waals surface area contributed by atoms with Gasteiger partial charge in [-0.2, -0.15) is 10.1 Å². The first-order chi connectivity index (χ1) is 12.3. The fraction of sp³-hybridized carbons (Fsp3) is 0.529. The van der Waals surface area contributed by atoms with Crippen molar-refractivity contribution in [2.75, 3.05) is 18.5 Å². The van der Waals surface area contributed by atoms with Crippen LogP contribution in [0.4, 0.5) is 5.69 Å². The fourth-order valence-electron chi connectivity index (χ4n) is 3.43. The Kier molecular flexibility index (Phi) is 3.44. The van der Waals surface area contributed by atoms with Crippen molar-refractivity contribution in [3.63, 3.8) is 0 Å². The summed E-state index contributed by atoms with van der Waals surface area (Å²) in [7, 11) is 1.90. The van der Waals surface area contributed by atoms with Crippen molar-refractivity contribution in [2.24, 2.45) is 13.0 Å². The van der Waals surface area contributed by atoms with E-state index in [-0.39, 0.29) is 6.10 Å². The van der Waals surface area contributed by atoms with Crippen LogP contribution in [-0.2, 0) is 11.8 Å². The molecule has 0 amide bonds. The molecule has 1 N–H and O–H groups in total. The molecule has 2 fully saturated rings. The Hall–Kier alpha value is -2.48. The minimum atomic E-state index is -0.126. The lowest BCUT2D eigenvalue weighted by atomic mass is 10.0. The zero-order valence-corrected chi connectivity index (χ0v) is 14.1. The van der Waals surface area contributed by atoms with E-state index >= 15 is 0 Å². The monoisotopic (exact) mass is 340 g/mol. The minimum absolute atomic E-state index is 0.126. The Morgan fingerprint density at radius 2 is 2.24 bits per heavy atom. The molecule has 1 saturated carbocycles.